The number of ketones is 1. The van der Waals surface area contributed by atoms with E-state index in [1.807, 2.05) is 0 Å². The SMILES string of the molecule is C=NN/C(=C\C(=O)c1ccc(OC)c(Cl)c1)c1nc2ccc(OCCOC(C)=O)cc2[nH]1.CN. The first-order valence-corrected chi connectivity index (χ1v) is 10.4. The Hall–Kier alpha value is -3.89. The number of hydrogen-bond acceptors (Lipinski definition) is 9. The lowest BCUT2D eigenvalue weighted by atomic mass is 10.1. The van der Waals surface area contributed by atoms with Crippen LogP contribution >= 0.6 is 11.6 Å². The molecule has 2 aromatic carbocycles. The van der Waals surface area contributed by atoms with Crippen molar-refractivity contribution >= 4 is 46.8 Å². The van der Waals surface area contributed by atoms with Gasteiger partial charge in [0.1, 0.15) is 30.4 Å². The molecule has 1 heterocycles. The van der Waals surface area contributed by atoms with Crippen molar-refractivity contribution in [3.05, 3.63) is 58.9 Å². The highest BCUT2D eigenvalue weighted by atomic mass is 35.5. The molecule has 180 valence electrons. The number of ether oxygens (including phenoxy) is 3. The van der Waals surface area contributed by atoms with Gasteiger partial charge >= 0.3 is 5.97 Å². The summed E-state index contributed by atoms with van der Waals surface area (Å²) < 4.78 is 15.5. The van der Waals surface area contributed by atoms with Gasteiger partial charge in [0, 0.05) is 31.3 Å². The quantitative estimate of drug-likeness (QED) is 0.0988. The topological polar surface area (TPSA) is 141 Å². The largest absolute Gasteiger partial charge is 0.495 e. The lowest BCUT2D eigenvalue weighted by Gasteiger charge is -2.06. The Bertz CT molecular complexity index is 1190. The zero-order chi connectivity index (χ0) is 25.1. The Morgan fingerprint density at radius 3 is 2.65 bits per heavy atom. The maximum atomic E-state index is 12.7. The van der Waals surface area contributed by atoms with Gasteiger partial charge in [-0.05, 0) is 37.4 Å². The van der Waals surface area contributed by atoms with E-state index < -0.39 is 0 Å². The molecule has 0 fully saturated rings. The summed E-state index contributed by atoms with van der Waals surface area (Å²) in [6, 6.07) is 10.0. The van der Waals surface area contributed by atoms with Gasteiger partial charge in [-0.3, -0.25) is 15.0 Å². The summed E-state index contributed by atoms with van der Waals surface area (Å²) in [6.45, 7) is 5.13. The maximum Gasteiger partial charge on any atom is 0.302 e. The first-order valence-electron chi connectivity index (χ1n) is 10.1. The molecule has 0 aliphatic rings. The smallest absolute Gasteiger partial charge is 0.302 e. The summed E-state index contributed by atoms with van der Waals surface area (Å²) in [5.41, 5.74) is 9.22. The van der Waals surface area contributed by atoms with E-state index in [-0.39, 0.29) is 25.0 Å². The number of imidazole rings is 1. The van der Waals surface area contributed by atoms with Crippen LogP contribution in [0.25, 0.3) is 16.7 Å². The number of nitrogens with two attached hydrogens (primary N) is 1. The number of hydrazone groups is 1. The van der Waals surface area contributed by atoms with E-state index in [4.69, 9.17) is 25.8 Å². The number of H-pyrrole nitrogens is 1. The fourth-order valence-electron chi connectivity index (χ4n) is 2.82. The second kappa shape index (κ2) is 13.0. The molecule has 0 spiro atoms. The Kier molecular flexibility index (Phi) is 10.1. The first-order chi connectivity index (χ1) is 16.4. The molecule has 3 rings (SSSR count). The normalized spacial score (nSPS) is 10.7. The molecule has 0 unspecified atom stereocenters. The Balaban J connectivity index is 0.00000199. The van der Waals surface area contributed by atoms with E-state index in [2.05, 4.69) is 32.9 Å². The highest BCUT2D eigenvalue weighted by molar-refractivity contribution is 6.32. The van der Waals surface area contributed by atoms with E-state index in [9.17, 15) is 9.59 Å². The molecule has 0 saturated carbocycles. The number of rotatable bonds is 10. The van der Waals surface area contributed by atoms with Gasteiger partial charge in [0.2, 0.25) is 0 Å². The fourth-order valence-corrected chi connectivity index (χ4v) is 3.08. The second-order valence-electron chi connectivity index (χ2n) is 6.49. The summed E-state index contributed by atoms with van der Waals surface area (Å²) in [4.78, 5) is 31.2. The average molecular weight is 488 g/mol. The molecular weight excluding hydrogens is 462 g/mol. The predicted molar refractivity (Wildman–Crippen MR) is 131 cm³/mol. The van der Waals surface area contributed by atoms with Crippen molar-refractivity contribution < 1.29 is 23.8 Å². The van der Waals surface area contributed by atoms with E-state index in [1.54, 1.807) is 30.3 Å². The molecular formula is C23H26ClN5O5. The van der Waals surface area contributed by atoms with E-state index in [0.29, 0.717) is 44.6 Å². The van der Waals surface area contributed by atoms with Gasteiger partial charge in [-0.25, -0.2) is 4.98 Å². The maximum absolute atomic E-state index is 12.7. The summed E-state index contributed by atoms with van der Waals surface area (Å²) >= 11 is 6.12. The van der Waals surface area contributed by atoms with Gasteiger partial charge in [-0.15, -0.1) is 0 Å². The van der Waals surface area contributed by atoms with Crippen LogP contribution in [0.5, 0.6) is 11.5 Å². The third kappa shape index (κ3) is 7.06. The first kappa shape index (κ1) is 26.4. The van der Waals surface area contributed by atoms with E-state index in [0.717, 1.165) is 0 Å². The molecule has 0 aliphatic carbocycles. The number of methoxy groups -OCH3 is 1. The number of nitrogens with zero attached hydrogens (tertiary/aromatic N) is 2. The molecule has 0 radical (unpaired) electrons. The number of aromatic amines is 1. The number of halogens is 1. The number of allylic oxidation sites excluding steroid dienone is 1. The molecule has 34 heavy (non-hydrogen) atoms. The van der Waals surface area contributed by atoms with Gasteiger partial charge in [0.25, 0.3) is 0 Å². The lowest BCUT2D eigenvalue weighted by molar-refractivity contribution is -0.141. The Morgan fingerprint density at radius 1 is 1.24 bits per heavy atom. The third-order valence-electron chi connectivity index (χ3n) is 4.28. The highest BCUT2D eigenvalue weighted by Gasteiger charge is 2.13. The minimum absolute atomic E-state index is 0.154. The molecule has 0 aliphatic heterocycles. The van der Waals surface area contributed by atoms with Crippen LogP contribution in [0.2, 0.25) is 5.02 Å². The van der Waals surface area contributed by atoms with Crippen LogP contribution in [0.4, 0.5) is 0 Å². The van der Waals surface area contributed by atoms with Crippen LogP contribution in [-0.2, 0) is 9.53 Å². The van der Waals surface area contributed by atoms with Gasteiger partial charge in [-0.2, -0.15) is 5.10 Å². The fraction of sp³-hybridized carbons (Fsp3) is 0.217. The number of nitrogens with one attached hydrogen (secondary N) is 2. The van der Waals surface area contributed by atoms with Crippen LogP contribution in [0.3, 0.4) is 0 Å². The van der Waals surface area contributed by atoms with Gasteiger partial charge in [-0.1, -0.05) is 11.6 Å². The van der Waals surface area contributed by atoms with Crippen LogP contribution in [0.1, 0.15) is 23.1 Å². The third-order valence-corrected chi connectivity index (χ3v) is 4.57. The molecule has 4 N–H and O–H groups in total. The molecule has 1 aromatic heterocycles. The van der Waals surface area contributed by atoms with Crippen LogP contribution in [-0.4, -0.2) is 55.8 Å². The standard InChI is InChI=1S/C22H21ClN4O5.CH5N/c1-13(28)31-8-9-32-15-5-6-17-18(11-15)26-22(25-17)19(27-24-2)12-20(29)14-4-7-21(30-3)16(23)10-14;1-2/h4-7,10-12,27H,2,8-9H2,1,3H3,(H,25,26);2H2,1H3/b19-12-;. The molecule has 3 aromatic rings. The number of carbonyl (C=O) groups is 2. The second-order valence-corrected chi connectivity index (χ2v) is 6.90. The molecule has 0 atom stereocenters. The number of benzene rings is 2. The summed E-state index contributed by atoms with van der Waals surface area (Å²) in [6.07, 6.45) is 1.35. The molecule has 0 bridgehead atoms. The van der Waals surface area contributed by atoms with Crippen molar-refractivity contribution in [3.63, 3.8) is 0 Å². The minimum Gasteiger partial charge on any atom is -0.495 e. The molecule has 0 amide bonds. The molecule has 10 nitrogen and oxygen atoms in total. The lowest BCUT2D eigenvalue weighted by Crippen LogP contribution is -2.09. The van der Waals surface area contributed by atoms with Crippen LogP contribution in [0, 0.1) is 0 Å². The van der Waals surface area contributed by atoms with Crippen molar-refractivity contribution in [1.82, 2.24) is 15.4 Å². The number of hydrogen-bond donors (Lipinski definition) is 3. The summed E-state index contributed by atoms with van der Waals surface area (Å²) in [5, 5.41) is 3.99. The van der Waals surface area contributed by atoms with Crippen molar-refractivity contribution in [2.24, 2.45) is 10.8 Å². The Morgan fingerprint density at radius 2 is 2.00 bits per heavy atom. The van der Waals surface area contributed by atoms with Crippen molar-refractivity contribution in [2.75, 3.05) is 27.4 Å². The van der Waals surface area contributed by atoms with E-state index >= 15 is 0 Å². The average Bonchev–Trinajstić information content (AvgIpc) is 3.26. The zero-order valence-electron chi connectivity index (χ0n) is 19.1. The minimum atomic E-state index is -0.364. The van der Waals surface area contributed by atoms with Crippen LogP contribution < -0.4 is 20.6 Å². The van der Waals surface area contributed by atoms with Crippen molar-refractivity contribution in [1.29, 1.82) is 0 Å². The van der Waals surface area contributed by atoms with E-state index in [1.165, 1.54) is 33.2 Å². The van der Waals surface area contributed by atoms with Gasteiger partial charge < -0.3 is 24.9 Å². The molecule has 11 heteroatoms. The number of carbonyl (C=O) groups excluding carboxylic acids is 2. The summed E-state index contributed by atoms with van der Waals surface area (Å²) in [5.74, 6) is 0.759. The number of aromatic nitrogens is 2. The number of esters is 1. The molecule has 0 saturated heterocycles. The highest BCUT2D eigenvalue weighted by Crippen LogP contribution is 2.26. The van der Waals surface area contributed by atoms with Crippen molar-refractivity contribution in [3.8, 4) is 11.5 Å². The zero-order valence-corrected chi connectivity index (χ0v) is 19.8. The van der Waals surface area contributed by atoms with Crippen molar-refractivity contribution in [2.45, 2.75) is 6.92 Å². The van der Waals surface area contributed by atoms with Gasteiger partial charge in [0.05, 0.1) is 23.2 Å². The van der Waals surface area contributed by atoms with Crippen LogP contribution in [0.15, 0.2) is 47.6 Å². The summed E-state index contributed by atoms with van der Waals surface area (Å²) in [7, 11) is 3.00. The number of fused-ring (bicyclic) bond motifs is 1. The Labute approximate surface area is 201 Å². The predicted octanol–water partition coefficient (Wildman–Crippen LogP) is 3.17. The monoisotopic (exact) mass is 487 g/mol. The van der Waals surface area contributed by atoms with Gasteiger partial charge in [0.15, 0.2) is 11.6 Å².